The molecule has 0 radical (unpaired) electrons. The van der Waals surface area contributed by atoms with E-state index in [-0.39, 0.29) is 18.2 Å². The van der Waals surface area contributed by atoms with Gasteiger partial charge in [-0.15, -0.1) is 12.4 Å². The molecule has 0 fully saturated rings. The van der Waals surface area contributed by atoms with Gasteiger partial charge in [0.1, 0.15) is 10.6 Å². The van der Waals surface area contributed by atoms with Gasteiger partial charge in [0.2, 0.25) is 5.78 Å². The van der Waals surface area contributed by atoms with Crippen LogP contribution in [0.25, 0.3) is 11.3 Å². The Balaban J connectivity index is 0.00000240. The highest BCUT2D eigenvalue weighted by molar-refractivity contribution is 7.18. The first-order chi connectivity index (χ1) is 13.8. The zero-order valence-electron chi connectivity index (χ0n) is 15.7. The maximum Gasteiger partial charge on any atom is 0.205 e. The zero-order chi connectivity index (χ0) is 19.3. The van der Waals surface area contributed by atoms with Gasteiger partial charge in [0, 0.05) is 11.1 Å². The summed E-state index contributed by atoms with van der Waals surface area (Å²) in [7, 11) is 1.63. The van der Waals surface area contributed by atoms with Crippen molar-refractivity contribution in [2.45, 2.75) is 0 Å². The summed E-state index contributed by atoms with van der Waals surface area (Å²) in [5.74, 6) is 0.680. The molecule has 0 aliphatic heterocycles. The molecule has 4 nitrogen and oxygen atoms in total. The average molecular weight is 423 g/mol. The van der Waals surface area contributed by atoms with Gasteiger partial charge >= 0.3 is 0 Å². The number of nitrogens with one attached hydrogen (secondary N) is 1. The van der Waals surface area contributed by atoms with E-state index in [0.29, 0.717) is 21.3 Å². The summed E-state index contributed by atoms with van der Waals surface area (Å²) < 4.78 is 5.40. The van der Waals surface area contributed by atoms with Crippen molar-refractivity contribution in [3.63, 3.8) is 0 Å². The van der Waals surface area contributed by atoms with Gasteiger partial charge < -0.3 is 10.1 Å². The summed E-state index contributed by atoms with van der Waals surface area (Å²) in [4.78, 5) is 18.5. The van der Waals surface area contributed by atoms with Crippen LogP contribution in [-0.2, 0) is 0 Å². The van der Waals surface area contributed by atoms with E-state index >= 15 is 0 Å². The third-order valence-electron chi connectivity index (χ3n) is 4.27. The van der Waals surface area contributed by atoms with Gasteiger partial charge in [-0.2, -0.15) is 0 Å². The van der Waals surface area contributed by atoms with E-state index in [1.165, 1.54) is 11.3 Å². The number of halogens is 1. The number of rotatable bonds is 6. The summed E-state index contributed by atoms with van der Waals surface area (Å²) in [6.45, 7) is 0. The number of benzene rings is 3. The highest BCUT2D eigenvalue weighted by Gasteiger charge is 2.21. The van der Waals surface area contributed by atoms with Gasteiger partial charge in [-0.25, -0.2) is 4.98 Å². The Morgan fingerprint density at radius 3 is 2.21 bits per heavy atom. The monoisotopic (exact) mass is 422 g/mol. The van der Waals surface area contributed by atoms with Crippen LogP contribution in [0.4, 0.5) is 10.8 Å². The minimum absolute atomic E-state index is 0. The minimum atomic E-state index is -0.0370. The van der Waals surface area contributed by atoms with E-state index in [0.717, 1.165) is 17.0 Å². The first kappa shape index (κ1) is 20.6. The lowest BCUT2D eigenvalue weighted by Crippen LogP contribution is -2.00. The molecule has 0 unspecified atom stereocenters. The Labute approximate surface area is 179 Å². The van der Waals surface area contributed by atoms with E-state index < -0.39 is 0 Å². The van der Waals surface area contributed by atoms with Crippen LogP contribution in [0.15, 0.2) is 84.9 Å². The van der Waals surface area contributed by atoms with Crippen LogP contribution in [0.5, 0.6) is 5.75 Å². The lowest BCUT2D eigenvalue weighted by Gasteiger charge is -2.07. The molecule has 0 atom stereocenters. The normalized spacial score (nSPS) is 10.1. The molecule has 0 saturated carbocycles. The number of nitrogens with zero attached hydrogens (tertiary/aromatic N) is 1. The second-order valence-electron chi connectivity index (χ2n) is 6.08. The van der Waals surface area contributed by atoms with Crippen LogP contribution in [0.1, 0.15) is 15.2 Å². The molecule has 0 spiro atoms. The fraction of sp³-hybridized carbons (Fsp3) is 0.0435. The molecule has 0 saturated heterocycles. The van der Waals surface area contributed by atoms with Crippen molar-refractivity contribution in [3.05, 3.63) is 95.4 Å². The maximum absolute atomic E-state index is 13.1. The minimum Gasteiger partial charge on any atom is -0.495 e. The van der Waals surface area contributed by atoms with Crippen molar-refractivity contribution >= 4 is 40.3 Å². The number of anilines is 2. The number of para-hydroxylation sites is 2. The molecule has 1 aromatic heterocycles. The number of thiazole rings is 1. The largest absolute Gasteiger partial charge is 0.495 e. The molecule has 0 aliphatic carbocycles. The summed E-state index contributed by atoms with van der Waals surface area (Å²) >= 11 is 1.34. The summed E-state index contributed by atoms with van der Waals surface area (Å²) in [5.41, 5.74) is 3.03. The van der Waals surface area contributed by atoms with Crippen LogP contribution < -0.4 is 10.1 Å². The van der Waals surface area contributed by atoms with Crippen molar-refractivity contribution in [3.8, 4) is 17.0 Å². The number of carbonyl (C=O) groups is 1. The number of methoxy groups -OCH3 is 1. The van der Waals surface area contributed by atoms with Crippen LogP contribution in [-0.4, -0.2) is 17.9 Å². The molecule has 1 heterocycles. The molecule has 6 heteroatoms. The zero-order valence-corrected chi connectivity index (χ0v) is 17.3. The Bertz CT molecular complexity index is 1100. The quantitative estimate of drug-likeness (QED) is 0.375. The number of ketones is 1. The molecule has 0 aliphatic rings. The van der Waals surface area contributed by atoms with Crippen LogP contribution in [0, 0.1) is 0 Å². The van der Waals surface area contributed by atoms with Crippen molar-refractivity contribution in [1.82, 2.24) is 4.98 Å². The van der Waals surface area contributed by atoms with Crippen molar-refractivity contribution < 1.29 is 9.53 Å². The van der Waals surface area contributed by atoms with E-state index in [9.17, 15) is 4.79 Å². The molecule has 29 heavy (non-hydrogen) atoms. The van der Waals surface area contributed by atoms with Crippen LogP contribution in [0.3, 0.4) is 0 Å². The third kappa shape index (κ3) is 4.47. The standard InChI is InChI=1S/C23H18N2O2S.ClH/c1-27-19-15-9-8-14-18(19)24-23-25-20(16-10-4-2-5-11-16)22(28-23)21(26)17-12-6-3-7-13-17;/h2-15H,1H3,(H,24,25);1H. The van der Waals surface area contributed by atoms with Crippen molar-refractivity contribution in [1.29, 1.82) is 0 Å². The predicted octanol–water partition coefficient (Wildman–Crippen LogP) is 6.22. The predicted molar refractivity (Wildman–Crippen MR) is 121 cm³/mol. The van der Waals surface area contributed by atoms with Crippen LogP contribution in [0.2, 0.25) is 0 Å². The summed E-state index contributed by atoms with van der Waals surface area (Å²) in [5, 5.41) is 3.93. The van der Waals surface area contributed by atoms with E-state index in [1.807, 2.05) is 84.9 Å². The SMILES string of the molecule is COc1ccccc1Nc1nc(-c2ccccc2)c(C(=O)c2ccccc2)s1.Cl. The average Bonchev–Trinajstić information content (AvgIpc) is 3.18. The molecule has 4 aromatic rings. The Hall–Kier alpha value is -3.15. The Morgan fingerprint density at radius 2 is 1.52 bits per heavy atom. The van der Waals surface area contributed by atoms with Gasteiger partial charge in [0.25, 0.3) is 0 Å². The lowest BCUT2D eigenvalue weighted by atomic mass is 10.1. The highest BCUT2D eigenvalue weighted by Crippen LogP contribution is 2.36. The molecular formula is C23H19ClN2O2S. The number of ether oxygens (including phenoxy) is 1. The fourth-order valence-corrected chi connectivity index (χ4v) is 3.86. The smallest absolute Gasteiger partial charge is 0.205 e. The molecule has 4 rings (SSSR count). The second kappa shape index (κ2) is 9.37. The van der Waals surface area contributed by atoms with Gasteiger partial charge in [-0.3, -0.25) is 4.79 Å². The molecule has 0 bridgehead atoms. The second-order valence-corrected chi connectivity index (χ2v) is 7.08. The fourth-order valence-electron chi connectivity index (χ4n) is 2.90. The van der Waals surface area contributed by atoms with Gasteiger partial charge in [-0.05, 0) is 12.1 Å². The van der Waals surface area contributed by atoms with Crippen molar-refractivity contribution in [2.24, 2.45) is 0 Å². The molecule has 146 valence electrons. The summed E-state index contributed by atoms with van der Waals surface area (Å²) in [6, 6.07) is 26.7. The molecular weight excluding hydrogens is 404 g/mol. The van der Waals surface area contributed by atoms with Gasteiger partial charge in [-0.1, -0.05) is 84.1 Å². The Morgan fingerprint density at radius 1 is 0.897 bits per heavy atom. The number of hydrogen-bond acceptors (Lipinski definition) is 5. The highest BCUT2D eigenvalue weighted by atomic mass is 35.5. The molecule has 1 N–H and O–H groups in total. The summed E-state index contributed by atoms with van der Waals surface area (Å²) in [6.07, 6.45) is 0. The first-order valence-corrected chi connectivity index (χ1v) is 9.64. The topological polar surface area (TPSA) is 51.2 Å². The molecule has 3 aromatic carbocycles. The maximum atomic E-state index is 13.1. The van der Waals surface area contributed by atoms with E-state index in [2.05, 4.69) is 5.32 Å². The first-order valence-electron chi connectivity index (χ1n) is 8.82. The van der Waals surface area contributed by atoms with Gasteiger partial charge in [0.15, 0.2) is 5.13 Å². The van der Waals surface area contributed by atoms with Crippen molar-refractivity contribution in [2.75, 3.05) is 12.4 Å². The lowest BCUT2D eigenvalue weighted by molar-refractivity contribution is 0.104. The number of carbonyl (C=O) groups excluding carboxylic acids is 1. The molecule has 0 amide bonds. The van der Waals surface area contributed by atoms with E-state index in [4.69, 9.17) is 9.72 Å². The Kier molecular flexibility index (Phi) is 6.65. The van der Waals surface area contributed by atoms with Crippen LogP contribution >= 0.6 is 23.7 Å². The number of hydrogen-bond donors (Lipinski definition) is 1. The van der Waals surface area contributed by atoms with E-state index in [1.54, 1.807) is 7.11 Å². The van der Waals surface area contributed by atoms with Gasteiger partial charge in [0.05, 0.1) is 18.5 Å². The third-order valence-corrected chi connectivity index (χ3v) is 5.23. The number of aromatic nitrogens is 1.